The largest absolute Gasteiger partial charge is 0.421 e. The van der Waals surface area contributed by atoms with E-state index in [1.54, 1.807) is 0 Å². The van der Waals surface area contributed by atoms with Crippen LogP contribution < -0.4 is 16.0 Å². The van der Waals surface area contributed by atoms with Crippen LogP contribution in [0.4, 0.5) is 0 Å². The molecule has 0 aliphatic carbocycles. The first-order valence-corrected chi connectivity index (χ1v) is 2.66. The Kier molecular flexibility index (Phi) is 1.86. The van der Waals surface area contributed by atoms with Gasteiger partial charge < -0.3 is 9.72 Å². The minimum Gasteiger partial charge on any atom is -0.421 e. The van der Waals surface area contributed by atoms with Crippen molar-refractivity contribution in [3.8, 4) is 5.75 Å². The van der Waals surface area contributed by atoms with Gasteiger partial charge in [0.15, 0.2) is 0 Å². The topological polar surface area (TPSA) is 92.0 Å². The van der Waals surface area contributed by atoms with Crippen LogP contribution in [0.5, 0.6) is 5.75 Å². The van der Waals surface area contributed by atoms with Gasteiger partial charge in [-0.1, -0.05) is 0 Å². The van der Waals surface area contributed by atoms with Crippen LogP contribution in [0, 0.1) is 0 Å². The van der Waals surface area contributed by atoms with E-state index in [1.807, 2.05) is 4.98 Å². The van der Waals surface area contributed by atoms with Gasteiger partial charge in [-0.05, 0) is 0 Å². The number of carbonyl (C=O) groups is 1. The van der Waals surface area contributed by atoms with E-state index in [1.165, 1.54) is 0 Å². The molecule has 0 amide bonds. The molecule has 6 heteroatoms. The Bertz CT molecular complexity index is 363. The lowest BCUT2D eigenvalue weighted by Gasteiger charge is -1.91. The molecule has 0 atom stereocenters. The first-order valence-electron chi connectivity index (χ1n) is 2.66. The van der Waals surface area contributed by atoms with E-state index < -0.39 is 11.2 Å². The first-order chi connectivity index (χ1) is 5.24. The number of rotatable bonds is 2. The predicted molar refractivity (Wildman–Crippen MR) is 34.4 cm³/mol. The van der Waals surface area contributed by atoms with Crippen LogP contribution in [0.1, 0.15) is 0 Å². The summed E-state index contributed by atoms with van der Waals surface area (Å²) in [5.74, 6) is -0.236. The van der Waals surface area contributed by atoms with Crippen molar-refractivity contribution in [3.63, 3.8) is 0 Å². The van der Waals surface area contributed by atoms with Crippen molar-refractivity contribution in [2.45, 2.75) is 0 Å². The second-order valence-electron chi connectivity index (χ2n) is 1.65. The SMILES string of the molecule is O=COc1c[nH]c(=O)[nH]c1=O. The summed E-state index contributed by atoms with van der Waals surface area (Å²) in [5, 5.41) is 0. The molecule has 1 aromatic heterocycles. The molecule has 2 N–H and O–H groups in total. The Balaban J connectivity index is 3.19. The predicted octanol–water partition coefficient (Wildman–Crippen LogP) is -1.40. The minimum absolute atomic E-state index is 0.100. The number of hydrogen-bond donors (Lipinski definition) is 2. The summed E-state index contributed by atoms with van der Waals surface area (Å²) in [4.78, 5) is 34.8. The molecule has 0 aromatic carbocycles. The third-order valence-electron chi connectivity index (χ3n) is 0.960. The quantitative estimate of drug-likeness (QED) is 0.515. The van der Waals surface area contributed by atoms with Gasteiger partial charge in [-0.15, -0.1) is 0 Å². The summed E-state index contributed by atoms with van der Waals surface area (Å²) in [5.41, 5.74) is -1.38. The van der Waals surface area contributed by atoms with Gasteiger partial charge in [-0.3, -0.25) is 14.6 Å². The number of nitrogens with one attached hydrogen (secondary N) is 2. The maximum absolute atomic E-state index is 10.7. The number of aromatic amines is 2. The third-order valence-corrected chi connectivity index (χ3v) is 0.960. The fourth-order valence-electron chi connectivity index (χ4n) is 0.537. The smallest absolute Gasteiger partial charge is 0.325 e. The molecule has 0 fully saturated rings. The van der Waals surface area contributed by atoms with Crippen molar-refractivity contribution in [2.24, 2.45) is 0 Å². The Morgan fingerprint density at radius 3 is 2.73 bits per heavy atom. The van der Waals surface area contributed by atoms with Crippen molar-refractivity contribution in [2.75, 3.05) is 0 Å². The first kappa shape index (κ1) is 7.26. The lowest BCUT2D eigenvalue weighted by molar-refractivity contribution is -0.120. The number of carbonyl (C=O) groups excluding carboxylic acids is 1. The van der Waals surface area contributed by atoms with Gasteiger partial charge in [0.25, 0.3) is 12.0 Å². The molecule has 0 saturated carbocycles. The highest BCUT2D eigenvalue weighted by atomic mass is 16.5. The Morgan fingerprint density at radius 1 is 1.45 bits per heavy atom. The van der Waals surface area contributed by atoms with E-state index in [2.05, 4.69) is 9.72 Å². The van der Waals surface area contributed by atoms with Gasteiger partial charge in [0.05, 0.1) is 6.20 Å². The van der Waals surface area contributed by atoms with Crippen LogP contribution in [-0.4, -0.2) is 16.4 Å². The number of aromatic nitrogens is 2. The van der Waals surface area contributed by atoms with Gasteiger partial charge in [0.1, 0.15) is 0 Å². The van der Waals surface area contributed by atoms with E-state index in [0.29, 0.717) is 0 Å². The maximum Gasteiger partial charge on any atom is 0.325 e. The van der Waals surface area contributed by atoms with Gasteiger partial charge in [-0.25, -0.2) is 4.79 Å². The molecule has 0 aliphatic rings. The lowest BCUT2D eigenvalue weighted by Crippen LogP contribution is -2.22. The summed E-state index contributed by atoms with van der Waals surface area (Å²) in [7, 11) is 0. The van der Waals surface area contributed by atoms with E-state index in [4.69, 9.17) is 0 Å². The molecule has 0 spiro atoms. The average molecular weight is 156 g/mol. The summed E-state index contributed by atoms with van der Waals surface area (Å²) < 4.78 is 4.20. The molecule has 1 rings (SSSR count). The molecule has 0 radical (unpaired) electrons. The molecule has 58 valence electrons. The zero-order valence-electron chi connectivity index (χ0n) is 5.29. The fraction of sp³-hybridized carbons (Fsp3) is 0. The zero-order valence-corrected chi connectivity index (χ0v) is 5.29. The molecular formula is C5H4N2O4. The van der Waals surface area contributed by atoms with Gasteiger partial charge in [-0.2, -0.15) is 0 Å². The molecule has 11 heavy (non-hydrogen) atoms. The standard InChI is InChI=1S/C5H4N2O4/c8-2-11-3-1-6-5(10)7-4(3)9/h1-2H,(H2,6,7,9,10). The molecule has 6 nitrogen and oxygen atoms in total. The molecule has 1 aromatic rings. The summed E-state index contributed by atoms with van der Waals surface area (Å²) in [6.45, 7) is 0.100. The fourth-order valence-corrected chi connectivity index (χ4v) is 0.537. The average Bonchev–Trinajstić information content (AvgIpc) is 1.95. The highest BCUT2D eigenvalue weighted by Gasteiger charge is 1.98. The van der Waals surface area contributed by atoms with Crippen LogP contribution in [0.3, 0.4) is 0 Å². The number of H-pyrrole nitrogens is 2. The second-order valence-corrected chi connectivity index (χ2v) is 1.65. The Morgan fingerprint density at radius 2 is 2.18 bits per heavy atom. The number of ether oxygens (including phenoxy) is 1. The maximum atomic E-state index is 10.7. The van der Waals surface area contributed by atoms with Crippen LogP contribution >= 0.6 is 0 Å². The Hall–Kier alpha value is -1.85. The monoisotopic (exact) mass is 156 g/mol. The van der Waals surface area contributed by atoms with Gasteiger partial charge in [0.2, 0.25) is 5.75 Å². The highest BCUT2D eigenvalue weighted by molar-refractivity contribution is 5.43. The van der Waals surface area contributed by atoms with Gasteiger partial charge >= 0.3 is 5.69 Å². The molecule has 0 bridgehead atoms. The van der Waals surface area contributed by atoms with Crippen molar-refractivity contribution >= 4 is 6.47 Å². The second kappa shape index (κ2) is 2.82. The highest BCUT2D eigenvalue weighted by Crippen LogP contribution is 1.91. The molecule has 1 heterocycles. The summed E-state index contributed by atoms with van der Waals surface area (Å²) in [6.07, 6.45) is 1.01. The Labute approximate surface area is 59.8 Å². The third kappa shape index (κ3) is 1.54. The number of hydrogen-bond acceptors (Lipinski definition) is 4. The van der Waals surface area contributed by atoms with E-state index in [0.717, 1.165) is 6.20 Å². The van der Waals surface area contributed by atoms with Crippen LogP contribution in [-0.2, 0) is 4.79 Å². The van der Waals surface area contributed by atoms with E-state index >= 15 is 0 Å². The van der Waals surface area contributed by atoms with Gasteiger partial charge in [0, 0.05) is 0 Å². The van der Waals surface area contributed by atoms with Crippen LogP contribution in [0.25, 0.3) is 0 Å². The van der Waals surface area contributed by atoms with E-state index in [-0.39, 0.29) is 12.2 Å². The van der Waals surface area contributed by atoms with Crippen molar-refractivity contribution in [1.29, 1.82) is 0 Å². The molecular weight excluding hydrogens is 152 g/mol. The molecule has 0 saturated heterocycles. The van der Waals surface area contributed by atoms with Crippen molar-refractivity contribution < 1.29 is 9.53 Å². The molecule has 0 aliphatic heterocycles. The molecule has 0 unspecified atom stereocenters. The van der Waals surface area contributed by atoms with E-state index in [9.17, 15) is 14.4 Å². The summed E-state index contributed by atoms with van der Waals surface area (Å²) in [6, 6.07) is 0. The minimum atomic E-state index is -0.735. The van der Waals surface area contributed by atoms with Crippen molar-refractivity contribution in [3.05, 3.63) is 27.0 Å². The zero-order chi connectivity index (χ0) is 8.27. The summed E-state index contributed by atoms with van der Waals surface area (Å²) >= 11 is 0. The van der Waals surface area contributed by atoms with Crippen LogP contribution in [0.15, 0.2) is 15.8 Å². The van der Waals surface area contributed by atoms with Crippen LogP contribution in [0.2, 0.25) is 0 Å². The lowest BCUT2D eigenvalue weighted by atomic mass is 10.6. The van der Waals surface area contributed by atoms with Crippen molar-refractivity contribution in [1.82, 2.24) is 9.97 Å². The normalized spacial score (nSPS) is 9.09.